The maximum Gasteiger partial charge on any atom is 0.241 e. The minimum atomic E-state index is -0.452. The Balaban J connectivity index is 0.000000207. The summed E-state index contributed by atoms with van der Waals surface area (Å²) in [6.07, 6.45) is 9.39. The topological polar surface area (TPSA) is 213 Å². The molecule has 7 rings (SSSR count). The Hall–Kier alpha value is -7.76. The molecule has 0 aromatic carbocycles. The molecule has 7 heterocycles. The van der Waals surface area contributed by atoms with Gasteiger partial charge in [0.2, 0.25) is 11.8 Å². The van der Waals surface area contributed by atoms with E-state index in [0.29, 0.717) is 69.7 Å². The van der Waals surface area contributed by atoms with E-state index in [1.165, 1.54) is 12.1 Å². The molecule has 318 valence electrons. The molecule has 62 heavy (non-hydrogen) atoms. The zero-order valence-corrected chi connectivity index (χ0v) is 35.1. The molecule has 0 atom stereocenters. The maximum absolute atomic E-state index is 14.3. The van der Waals surface area contributed by atoms with Crippen molar-refractivity contribution in [3.63, 3.8) is 0 Å². The molecule has 0 bridgehead atoms. The lowest BCUT2D eigenvalue weighted by Crippen LogP contribution is -2.29. The van der Waals surface area contributed by atoms with Crippen molar-refractivity contribution in [2.75, 3.05) is 35.6 Å². The largest absolute Gasteiger partial charge is 0.373 e. The van der Waals surface area contributed by atoms with Crippen LogP contribution in [-0.2, 0) is 16.1 Å². The molecule has 6 N–H and O–H groups in total. The summed E-state index contributed by atoms with van der Waals surface area (Å²) in [6, 6.07) is 13.0. The van der Waals surface area contributed by atoms with E-state index in [9.17, 15) is 18.4 Å². The van der Waals surface area contributed by atoms with Gasteiger partial charge in [-0.3, -0.25) is 34.2 Å². The average molecular weight is 841 g/mol. The molecule has 7 aromatic rings. The third-order valence-electron chi connectivity index (χ3n) is 9.25. The van der Waals surface area contributed by atoms with Crippen molar-refractivity contribution in [2.24, 2.45) is 0 Å². The van der Waals surface area contributed by atoms with Crippen LogP contribution >= 0.6 is 0 Å². The number of aryl methyl sites for hydroxylation is 4. The van der Waals surface area contributed by atoms with Gasteiger partial charge in [0.1, 0.15) is 34.7 Å². The first-order valence-electron chi connectivity index (χ1n) is 19.7. The number of hydrogen-bond acceptors (Lipinski definition) is 13. The highest BCUT2D eigenvalue weighted by molar-refractivity contribution is 5.93. The van der Waals surface area contributed by atoms with E-state index in [1.54, 1.807) is 85.9 Å². The lowest BCUT2D eigenvalue weighted by molar-refractivity contribution is -0.122. The number of carbonyl (C=O) groups excluding carboxylic acids is 2. The summed E-state index contributed by atoms with van der Waals surface area (Å²) >= 11 is 0. The number of fused-ring (bicyclic) bond motifs is 1. The number of likely N-dealkylation sites (N-methyl/N-ethyl adjacent to an activating group) is 2. The third-order valence-corrected chi connectivity index (χ3v) is 9.25. The fraction of sp³-hybridized carbons (Fsp3) is 0.227. The van der Waals surface area contributed by atoms with E-state index in [4.69, 9.17) is 5.41 Å². The Morgan fingerprint density at radius 3 is 1.84 bits per heavy atom. The molecule has 0 saturated carbocycles. The van der Waals surface area contributed by atoms with Crippen molar-refractivity contribution in [1.29, 1.82) is 5.41 Å². The van der Waals surface area contributed by atoms with E-state index < -0.39 is 11.6 Å². The number of anilines is 5. The Morgan fingerprint density at radius 1 is 0.710 bits per heavy atom. The number of hydrogen-bond donors (Lipinski definition) is 6. The van der Waals surface area contributed by atoms with Gasteiger partial charge in [-0.05, 0) is 101 Å². The molecule has 16 nitrogen and oxygen atoms in total. The number of nitrogens with zero attached hydrogens (tertiary/aromatic N) is 8. The Kier molecular flexibility index (Phi) is 14.1. The van der Waals surface area contributed by atoms with Gasteiger partial charge in [-0.15, -0.1) is 0 Å². The van der Waals surface area contributed by atoms with Crippen molar-refractivity contribution in [2.45, 2.75) is 48.1 Å². The van der Waals surface area contributed by atoms with Gasteiger partial charge in [0.15, 0.2) is 11.6 Å². The zero-order chi connectivity index (χ0) is 44.3. The molecule has 0 spiro atoms. The van der Waals surface area contributed by atoms with E-state index in [-0.39, 0.29) is 36.3 Å². The number of rotatable bonds is 14. The predicted octanol–water partition coefficient (Wildman–Crippen LogP) is 7.11. The highest BCUT2D eigenvalue weighted by Gasteiger charge is 2.16. The Bertz CT molecular complexity index is 2760. The van der Waals surface area contributed by atoms with Crippen LogP contribution in [0.5, 0.6) is 0 Å². The van der Waals surface area contributed by atoms with Gasteiger partial charge >= 0.3 is 0 Å². The smallest absolute Gasteiger partial charge is 0.241 e. The zero-order valence-electron chi connectivity index (χ0n) is 35.1. The van der Waals surface area contributed by atoms with Crippen LogP contribution in [-0.4, -0.2) is 77.3 Å². The fourth-order valence-electron chi connectivity index (χ4n) is 6.16. The molecule has 0 aliphatic heterocycles. The van der Waals surface area contributed by atoms with Crippen molar-refractivity contribution < 1.29 is 18.4 Å². The van der Waals surface area contributed by atoms with Gasteiger partial charge in [0.25, 0.3) is 0 Å². The highest BCUT2D eigenvalue weighted by Crippen LogP contribution is 2.32. The van der Waals surface area contributed by atoms with Crippen molar-refractivity contribution in [3.8, 4) is 22.8 Å². The van der Waals surface area contributed by atoms with Gasteiger partial charge < -0.3 is 32.0 Å². The maximum atomic E-state index is 14.3. The van der Waals surface area contributed by atoms with E-state index in [2.05, 4.69) is 61.6 Å². The van der Waals surface area contributed by atoms with E-state index >= 15 is 0 Å². The van der Waals surface area contributed by atoms with Crippen LogP contribution in [0.1, 0.15) is 42.1 Å². The Labute approximate surface area is 356 Å². The van der Waals surface area contributed by atoms with Crippen molar-refractivity contribution in [1.82, 2.24) is 50.3 Å². The molecule has 18 heteroatoms. The summed E-state index contributed by atoms with van der Waals surface area (Å²) in [5.41, 5.74) is 9.28. The number of aromatic nitrogens is 8. The number of pyridine rings is 6. The first kappa shape index (κ1) is 43.8. The van der Waals surface area contributed by atoms with Gasteiger partial charge in [-0.25, -0.2) is 18.7 Å². The first-order chi connectivity index (χ1) is 29.9. The molecular formula is C44H46F2N14O2. The summed E-state index contributed by atoms with van der Waals surface area (Å²) in [5, 5.41) is 27.3. The van der Waals surface area contributed by atoms with Crippen LogP contribution in [0.25, 0.3) is 33.8 Å². The minimum Gasteiger partial charge on any atom is -0.373 e. The minimum absolute atomic E-state index is 0.0358. The van der Waals surface area contributed by atoms with E-state index in [1.807, 2.05) is 27.7 Å². The molecule has 0 fully saturated rings. The van der Waals surface area contributed by atoms with Crippen molar-refractivity contribution in [3.05, 3.63) is 119 Å². The fourth-order valence-corrected chi connectivity index (χ4v) is 6.16. The second kappa shape index (κ2) is 20.0. The van der Waals surface area contributed by atoms with Crippen LogP contribution in [0, 0.1) is 44.7 Å². The van der Waals surface area contributed by atoms with Crippen LogP contribution in [0.2, 0.25) is 0 Å². The number of carbonyl (C=O) groups is 2. The quantitative estimate of drug-likeness (QED) is 0.0605. The summed E-state index contributed by atoms with van der Waals surface area (Å²) in [5.74, 6) is -1.17. The third kappa shape index (κ3) is 10.7. The van der Waals surface area contributed by atoms with Gasteiger partial charge in [0, 0.05) is 66.9 Å². The molecule has 7 aromatic heterocycles. The molecule has 0 aliphatic rings. The van der Waals surface area contributed by atoms with Gasteiger partial charge in [-0.1, -0.05) is 0 Å². The van der Waals surface area contributed by atoms with Gasteiger partial charge in [0.05, 0.1) is 41.2 Å². The second-order valence-corrected chi connectivity index (χ2v) is 14.0. The second-order valence-electron chi connectivity index (χ2n) is 14.0. The Morgan fingerprint density at radius 2 is 1.26 bits per heavy atom. The van der Waals surface area contributed by atoms with Crippen LogP contribution in [0.4, 0.5) is 37.2 Å². The lowest BCUT2D eigenvalue weighted by Gasteiger charge is -2.17. The van der Waals surface area contributed by atoms with Crippen molar-refractivity contribution >= 4 is 57.5 Å². The lowest BCUT2D eigenvalue weighted by atomic mass is 10.1. The number of halogens is 2. The summed E-state index contributed by atoms with van der Waals surface area (Å²) in [7, 11) is 0. The number of amides is 2. The van der Waals surface area contributed by atoms with Crippen LogP contribution < -0.4 is 26.6 Å². The van der Waals surface area contributed by atoms with Crippen LogP contribution in [0.3, 0.4) is 0 Å². The standard InChI is InChI=1S/C22H22FN7O.C22H24FN7O/c1-4-24-20(31)12-30-11-19-22(29-30)16(7-8-25-19)28-17-9-18(26-10-13(17)2)21-15(23)6-5-14(3)27-21;1-4-25-20(31)12-28-22-16(7-8-26-19(22)10-24)30-17-9-18(27-11-13(17)2)21-15(23)6-5-14(3)29-21/h5-11H,4,12H2,1-3H3,(H,24,31)(H,26,28);5-11,24,28H,4,12H2,1-3H3,(H,25,31)(H,26,27,30). The number of nitrogens with one attached hydrogen (secondary N) is 6. The summed E-state index contributed by atoms with van der Waals surface area (Å²) < 4.78 is 30.2. The summed E-state index contributed by atoms with van der Waals surface area (Å²) in [4.78, 5) is 49.5. The molecule has 0 unspecified atom stereocenters. The first-order valence-corrected chi connectivity index (χ1v) is 19.7. The molecule has 0 aliphatic carbocycles. The average Bonchev–Trinajstić information content (AvgIpc) is 3.67. The predicted molar refractivity (Wildman–Crippen MR) is 236 cm³/mol. The molecule has 2 amide bonds. The molecule has 0 radical (unpaired) electrons. The normalized spacial score (nSPS) is 10.7. The SMILES string of the molecule is CCNC(=O)CNc1c(Nc2cc(-c3nc(C)ccc3F)ncc2C)ccnc1C=N.CCNC(=O)Cn1cc2nccc(Nc3cc(-c4nc(C)ccc4F)ncc3C)c2n1. The monoisotopic (exact) mass is 840 g/mol. The van der Waals surface area contributed by atoms with E-state index in [0.717, 1.165) is 28.7 Å². The molecular weight excluding hydrogens is 795 g/mol. The van der Waals surface area contributed by atoms with Crippen LogP contribution in [0.15, 0.2) is 79.5 Å². The summed E-state index contributed by atoms with van der Waals surface area (Å²) in [6.45, 7) is 12.3. The highest BCUT2D eigenvalue weighted by atomic mass is 19.1. The van der Waals surface area contributed by atoms with Gasteiger partial charge in [-0.2, -0.15) is 5.10 Å². The molecule has 0 saturated heterocycles.